The molecule has 8 heteroatoms. The van der Waals surface area contributed by atoms with Crippen molar-refractivity contribution in [3.05, 3.63) is 18.3 Å². The van der Waals surface area contributed by atoms with Gasteiger partial charge in [-0.05, 0) is 30.9 Å². The van der Waals surface area contributed by atoms with Gasteiger partial charge in [-0.3, -0.25) is 19.8 Å². The van der Waals surface area contributed by atoms with Crippen molar-refractivity contribution in [1.82, 2.24) is 10.3 Å². The number of nitrogens with one attached hydrogen (secondary N) is 1. The molecule has 2 saturated heterocycles. The molecule has 1 N–H and O–H groups in total. The summed E-state index contributed by atoms with van der Waals surface area (Å²) in [4.78, 5) is 42.1. The lowest BCUT2D eigenvalue weighted by Crippen LogP contribution is -2.49. The van der Waals surface area contributed by atoms with E-state index < -0.39 is 6.03 Å². The van der Waals surface area contributed by atoms with E-state index >= 15 is 0 Å². The van der Waals surface area contributed by atoms with Crippen LogP contribution in [-0.4, -0.2) is 49.1 Å². The summed E-state index contributed by atoms with van der Waals surface area (Å²) in [6, 6.07) is 3.34. The molecule has 2 aliphatic heterocycles. The highest BCUT2D eigenvalue weighted by atomic mass is 16.5. The molecule has 0 aromatic carbocycles. The Bertz CT molecular complexity index is 655. The SMILES string of the molecule is CC.CC.CC(=O)OCC1CCN(c2ccc(N3CCC(=O)NC3=O)cn2)CC1. The highest BCUT2D eigenvalue weighted by Crippen LogP contribution is 2.24. The van der Waals surface area contributed by atoms with Crippen molar-refractivity contribution in [2.45, 2.75) is 53.9 Å². The number of nitrogens with zero attached hydrogens (tertiary/aromatic N) is 3. The van der Waals surface area contributed by atoms with Gasteiger partial charge in [0.1, 0.15) is 5.82 Å². The number of aromatic nitrogens is 1. The number of piperidine rings is 1. The van der Waals surface area contributed by atoms with E-state index in [1.807, 2.05) is 39.8 Å². The van der Waals surface area contributed by atoms with Crippen LogP contribution in [0.4, 0.5) is 16.3 Å². The summed E-state index contributed by atoms with van der Waals surface area (Å²) in [5.74, 6) is 0.780. The number of hydrogen-bond donors (Lipinski definition) is 1. The zero-order valence-corrected chi connectivity index (χ0v) is 18.2. The fourth-order valence-electron chi connectivity index (χ4n) is 3.10. The summed E-state index contributed by atoms with van der Waals surface area (Å²) in [7, 11) is 0. The first kappa shape index (κ1) is 24.4. The van der Waals surface area contributed by atoms with Crippen LogP contribution in [0.2, 0.25) is 0 Å². The van der Waals surface area contributed by atoms with Crippen LogP contribution in [0.1, 0.15) is 53.9 Å². The average molecular weight is 407 g/mol. The normalized spacial score (nSPS) is 16.7. The quantitative estimate of drug-likeness (QED) is 0.771. The van der Waals surface area contributed by atoms with Gasteiger partial charge >= 0.3 is 12.0 Å². The summed E-state index contributed by atoms with van der Waals surface area (Å²) in [6.45, 7) is 12.0. The number of urea groups is 1. The summed E-state index contributed by atoms with van der Waals surface area (Å²) in [5.41, 5.74) is 0.679. The predicted molar refractivity (Wildman–Crippen MR) is 114 cm³/mol. The van der Waals surface area contributed by atoms with Gasteiger partial charge in [0.25, 0.3) is 0 Å². The lowest BCUT2D eigenvalue weighted by atomic mass is 9.98. The fourth-order valence-corrected chi connectivity index (χ4v) is 3.10. The van der Waals surface area contributed by atoms with Gasteiger partial charge in [-0.1, -0.05) is 27.7 Å². The molecule has 0 radical (unpaired) electrons. The van der Waals surface area contributed by atoms with Crippen LogP contribution in [0.15, 0.2) is 18.3 Å². The Kier molecular flexibility index (Phi) is 10.7. The summed E-state index contributed by atoms with van der Waals surface area (Å²) < 4.78 is 5.08. The molecule has 0 spiro atoms. The molecule has 2 fully saturated rings. The summed E-state index contributed by atoms with van der Waals surface area (Å²) >= 11 is 0. The van der Waals surface area contributed by atoms with Crippen LogP contribution in [-0.2, 0) is 14.3 Å². The van der Waals surface area contributed by atoms with Crippen molar-refractivity contribution >= 4 is 29.4 Å². The Labute approximate surface area is 173 Å². The van der Waals surface area contributed by atoms with Crippen molar-refractivity contribution in [3.63, 3.8) is 0 Å². The third kappa shape index (κ3) is 7.36. The second-order valence-electron chi connectivity index (χ2n) is 6.36. The van der Waals surface area contributed by atoms with Crippen LogP contribution in [0.5, 0.6) is 0 Å². The smallest absolute Gasteiger partial charge is 0.328 e. The molecular formula is C21H34N4O4. The first-order valence-corrected chi connectivity index (χ1v) is 10.5. The summed E-state index contributed by atoms with van der Waals surface area (Å²) in [5, 5.41) is 2.30. The number of esters is 1. The van der Waals surface area contributed by atoms with Crippen LogP contribution in [0.25, 0.3) is 0 Å². The molecule has 0 atom stereocenters. The number of carbonyl (C=O) groups is 3. The molecule has 3 rings (SSSR count). The van der Waals surface area contributed by atoms with Crippen LogP contribution in [0.3, 0.4) is 0 Å². The maximum atomic E-state index is 11.9. The number of imide groups is 1. The zero-order chi connectivity index (χ0) is 21.8. The van der Waals surface area contributed by atoms with Gasteiger partial charge in [0.05, 0.1) is 18.5 Å². The Morgan fingerprint density at radius 2 is 1.79 bits per heavy atom. The maximum absolute atomic E-state index is 11.9. The van der Waals surface area contributed by atoms with Crippen LogP contribution in [0, 0.1) is 5.92 Å². The topological polar surface area (TPSA) is 91.8 Å². The number of rotatable bonds is 4. The molecule has 1 aromatic rings. The maximum Gasteiger partial charge on any atom is 0.328 e. The molecular weight excluding hydrogens is 372 g/mol. The molecule has 8 nitrogen and oxygen atoms in total. The van der Waals surface area contributed by atoms with Gasteiger partial charge in [0.2, 0.25) is 5.91 Å². The monoisotopic (exact) mass is 406 g/mol. The van der Waals surface area contributed by atoms with Crippen molar-refractivity contribution in [2.75, 3.05) is 36.0 Å². The second kappa shape index (κ2) is 12.7. The number of ether oxygens (including phenoxy) is 1. The van der Waals surface area contributed by atoms with Gasteiger partial charge in [0.15, 0.2) is 0 Å². The highest BCUT2D eigenvalue weighted by molar-refractivity contribution is 6.05. The largest absolute Gasteiger partial charge is 0.466 e. The van der Waals surface area contributed by atoms with E-state index in [-0.39, 0.29) is 11.9 Å². The van der Waals surface area contributed by atoms with Gasteiger partial charge in [-0.25, -0.2) is 9.78 Å². The van der Waals surface area contributed by atoms with E-state index in [1.54, 1.807) is 6.20 Å². The minimum atomic E-state index is -0.405. The molecule has 1 aromatic heterocycles. The van der Waals surface area contributed by atoms with Gasteiger partial charge in [-0.15, -0.1) is 0 Å². The lowest BCUT2D eigenvalue weighted by molar-refractivity contribution is -0.142. The van der Waals surface area contributed by atoms with Gasteiger partial charge in [0, 0.05) is 33.0 Å². The molecule has 29 heavy (non-hydrogen) atoms. The molecule has 0 aliphatic carbocycles. The van der Waals surface area contributed by atoms with Crippen molar-refractivity contribution in [3.8, 4) is 0 Å². The third-order valence-corrected chi connectivity index (χ3v) is 4.56. The zero-order valence-electron chi connectivity index (χ0n) is 18.2. The van der Waals surface area contributed by atoms with Crippen LogP contribution < -0.4 is 15.1 Å². The van der Waals surface area contributed by atoms with Gasteiger partial charge < -0.3 is 9.64 Å². The Hall–Kier alpha value is -2.64. The summed E-state index contributed by atoms with van der Waals surface area (Å²) in [6.07, 6.45) is 3.86. The Morgan fingerprint density at radius 1 is 1.14 bits per heavy atom. The molecule has 0 saturated carbocycles. The number of pyridine rings is 1. The number of hydrogen-bond acceptors (Lipinski definition) is 6. The molecule has 0 bridgehead atoms. The van der Waals surface area contributed by atoms with E-state index in [9.17, 15) is 14.4 Å². The molecule has 3 heterocycles. The fraction of sp³-hybridized carbons (Fsp3) is 0.619. The predicted octanol–water partition coefficient (Wildman–Crippen LogP) is 3.36. The third-order valence-electron chi connectivity index (χ3n) is 4.56. The number of carbonyl (C=O) groups excluding carboxylic acids is 3. The molecule has 3 amide bonds. The number of anilines is 2. The average Bonchev–Trinajstić information content (AvgIpc) is 2.76. The minimum Gasteiger partial charge on any atom is -0.466 e. The van der Waals surface area contributed by atoms with Crippen LogP contribution >= 0.6 is 0 Å². The Morgan fingerprint density at radius 3 is 2.31 bits per heavy atom. The minimum absolute atomic E-state index is 0.233. The first-order chi connectivity index (χ1) is 14.0. The van der Waals surface area contributed by atoms with E-state index in [2.05, 4.69) is 15.2 Å². The van der Waals surface area contributed by atoms with Crippen molar-refractivity contribution < 1.29 is 19.1 Å². The first-order valence-electron chi connectivity index (χ1n) is 10.5. The van der Waals surface area contributed by atoms with E-state index in [0.29, 0.717) is 31.2 Å². The van der Waals surface area contributed by atoms with E-state index in [4.69, 9.17) is 4.74 Å². The highest BCUT2D eigenvalue weighted by Gasteiger charge is 2.25. The van der Waals surface area contributed by atoms with E-state index in [0.717, 1.165) is 31.7 Å². The molecule has 2 aliphatic rings. The Balaban J connectivity index is 0.000000989. The second-order valence-corrected chi connectivity index (χ2v) is 6.36. The van der Waals surface area contributed by atoms with Crippen molar-refractivity contribution in [1.29, 1.82) is 0 Å². The van der Waals surface area contributed by atoms with Gasteiger partial charge in [-0.2, -0.15) is 0 Å². The molecule has 162 valence electrons. The molecule has 0 unspecified atom stereocenters. The number of amides is 3. The standard InChI is InChI=1S/C17H22N4O4.2C2H6/c1-12(22)25-11-13-4-7-20(8-5-13)15-3-2-14(10-18-15)21-9-6-16(23)19-17(21)24;2*1-2/h2-3,10,13H,4-9,11H2,1H3,(H,19,23,24);2*1-2H3. The van der Waals surface area contributed by atoms with E-state index in [1.165, 1.54) is 11.8 Å². The van der Waals surface area contributed by atoms with Crippen molar-refractivity contribution in [2.24, 2.45) is 5.92 Å². The lowest BCUT2D eigenvalue weighted by Gasteiger charge is -2.33.